The van der Waals surface area contributed by atoms with Crippen molar-refractivity contribution in [1.82, 2.24) is 9.47 Å². The van der Waals surface area contributed by atoms with Crippen LogP contribution in [-0.2, 0) is 6.54 Å². The number of benzene rings is 2. The second-order valence-electron chi connectivity index (χ2n) is 7.03. The molecule has 2 aromatic carbocycles. The zero-order valence-corrected chi connectivity index (χ0v) is 16.6. The summed E-state index contributed by atoms with van der Waals surface area (Å²) in [7, 11) is 0. The minimum atomic E-state index is -0.684. The van der Waals surface area contributed by atoms with E-state index >= 15 is 0 Å². The fraction of sp³-hybridized carbons (Fsp3) is 0.0870. The van der Waals surface area contributed by atoms with E-state index in [2.05, 4.69) is 9.88 Å². The zero-order valence-electron chi connectivity index (χ0n) is 15.8. The van der Waals surface area contributed by atoms with Crippen molar-refractivity contribution in [2.75, 3.05) is 5.32 Å². The Kier molecular flexibility index (Phi) is 4.59. The van der Waals surface area contributed by atoms with Crippen LogP contribution in [-0.4, -0.2) is 15.5 Å². The van der Waals surface area contributed by atoms with Gasteiger partial charge in [-0.3, -0.25) is 0 Å². The van der Waals surface area contributed by atoms with E-state index in [1.54, 1.807) is 16.2 Å². The molecule has 2 amide bonds. The fourth-order valence-corrected chi connectivity index (χ4v) is 4.71. The molecule has 5 rings (SSSR count). The Labute approximate surface area is 176 Å². The Bertz CT molecular complexity index is 1220. The third kappa shape index (κ3) is 3.17. The van der Waals surface area contributed by atoms with Crippen molar-refractivity contribution in [2.45, 2.75) is 12.6 Å². The molecule has 0 fully saturated rings. The van der Waals surface area contributed by atoms with Crippen LogP contribution in [0, 0.1) is 11.6 Å². The molecule has 1 unspecified atom stereocenters. The first-order valence-electron chi connectivity index (χ1n) is 9.43. The van der Waals surface area contributed by atoms with Gasteiger partial charge < -0.3 is 14.8 Å². The first-order chi connectivity index (χ1) is 14.6. The maximum Gasteiger partial charge on any atom is 0.323 e. The lowest BCUT2D eigenvalue weighted by Gasteiger charge is -2.30. The third-order valence-corrected chi connectivity index (χ3v) is 6.13. The van der Waals surface area contributed by atoms with E-state index < -0.39 is 17.7 Å². The molecule has 4 aromatic rings. The average Bonchev–Trinajstić information content (AvgIpc) is 3.42. The van der Waals surface area contributed by atoms with E-state index in [1.165, 1.54) is 0 Å². The van der Waals surface area contributed by atoms with E-state index in [4.69, 9.17) is 0 Å². The monoisotopic (exact) mass is 421 g/mol. The van der Waals surface area contributed by atoms with Crippen molar-refractivity contribution in [3.63, 3.8) is 0 Å². The summed E-state index contributed by atoms with van der Waals surface area (Å²) in [5.41, 5.74) is 2.70. The zero-order chi connectivity index (χ0) is 20.7. The summed E-state index contributed by atoms with van der Waals surface area (Å²) in [4.78, 5) is 16.0. The highest BCUT2D eigenvalue weighted by Crippen LogP contribution is 2.38. The van der Waals surface area contributed by atoms with Gasteiger partial charge in [0.2, 0.25) is 0 Å². The summed E-state index contributed by atoms with van der Waals surface area (Å²) >= 11 is 1.55. The molecule has 0 aliphatic carbocycles. The predicted octanol–water partition coefficient (Wildman–Crippen LogP) is 5.95. The van der Waals surface area contributed by atoms with Gasteiger partial charge in [0.25, 0.3) is 0 Å². The van der Waals surface area contributed by atoms with Crippen molar-refractivity contribution < 1.29 is 13.6 Å². The summed E-state index contributed by atoms with van der Waals surface area (Å²) in [5.74, 6) is -1.30. The standard InChI is InChI=1S/C23H17F2N3OS/c24-16-9-10-17(25)18(13-16)26-23(29)28-14-15-5-1-2-6-19(15)27-11-3-7-20(27)22(28)21-8-4-12-30-21/h1-13,22H,14H2,(H,26,29). The number of rotatable bonds is 2. The van der Waals surface area contributed by atoms with Crippen LogP contribution in [0.25, 0.3) is 5.69 Å². The number of halogens is 2. The number of hydrogen-bond donors (Lipinski definition) is 1. The van der Waals surface area contributed by atoms with Gasteiger partial charge in [0.15, 0.2) is 0 Å². The van der Waals surface area contributed by atoms with Crippen LogP contribution in [0.4, 0.5) is 19.3 Å². The first kappa shape index (κ1) is 18.6. The second kappa shape index (κ2) is 7.42. The molecule has 4 nitrogen and oxygen atoms in total. The van der Waals surface area contributed by atoms with Crippen molar-refractivity contribution in [1.29, 1.82) is 0 Å². The molecular weight excluding hydrogens is 404 g/mol. The van der Waals surface area contributed by atoms with Crippen LogP contribution < -0.4 is 5.32 Å². The van der Waals surface area contributed by atoms with Gasteiger partial charge in [-0.2, -0.15) is 0 Å². The molecule has 3 heterocycles. The van der Waals surface area contributed by atoms with Crippen LogP contribution in [0.5, 0.6) is 0 Å². The molecule has 1 N–H and O–H groups in total. The lowest BCUT2D eigenvalue weighted by atomic mass is 10.1. The molecule has 0 spiro atoms. The van der Waals surface area contributed by atoms with Gasteiger partial charge in [0.05, 0.1) is 23.6 Å². The SMILES string of the molecule is O=C(Nc1cc(F)ccc1F)N1Cc2ccccc2-n2cccc2C1c1cccs1. The summed E-state index contributed by atoms with van der Waals surface area (Å²) in [6, 6.07) is 17.9. The van der Waals surface area contributed by atoms with Crippen molar-refractivity contribution >= 4 is 23.1 Å². The van der Waals surface area contributed by atoms with Crippen LogP contribution in [0.3, 0.4) is 0 Å². The maximum absolute atomic E-state index is 14.2. The van der Waals surface area contributed by atoms with Crippen LogP contribution >= 0.6 is 11.3 Å². The molecule has 1 atom stereocenters. The lowest BCUT2D eigenvalue weighted by Crippen LogP contribution is -2.37. The number of para-hydroxylation sites is 1. The largest absolute Gasteiger partial charge is 0.323 e. The molecule has 0 bridgehead atoms. The van der Waals surface area contributed by atoms with Crippen LogP contribution in [0.15, 0.2) is 78.3 Å². The summed E-state index contributed by atoms with van der Waals surface area (Å²) < 4.78 is 29.9. The van der Waals surface area contributed by atoms with Crippen molar-refractivity contribution in [3.8, 4) is 5.69 Å². The smallest absolute Gasteiger partial charge is 0.318 e. The maximum atomic E-state index is 14.2. The summed E-state index contributed by atoms with van der Waals surface area (Å²) in [6.45, 7) is 0.323. The predicted molar refractivity (Wildman–Crippen MR) is 113 cm³/mol. The van der Waals surface area contributed by atoms with Gasteiger partial charge in [-0.25, -0.2) is 13.6 Å². The van der Waals surface area contributed by atoms with Gasteiger partial charge >= 0.3 is 6.03 Å². The molecule has 30 heavy (non-hydrogen) atoms. The highest BCUT2D eigenvalue weighted by molar-refractivity contribution is 7.10. The number of carbonyl (C=O) groups is 1. The van der Waals surface area contributed by atoms with Gasteiger partial charge in [-0.05, 0) is 47.3 Å². The van der Waals surface area contributed by atoms with Gasteiger partial charge in [0, 0.05) is 17.1 Å². The van der Waals surface area contributed by atoms with Crippen molar-refractivity contribution in [3.05, 3.63) is 106 Å². The van der Waals surface area contributed by atoms with Gasteiger partial charge in [-0.1, -0.05) is 24.3 Å². The Morgan fingerprint density at radius 3 is 2.73 bits per heavy atom. The molecule has 7 heteroatoms. The molecule has 0 radical (unpaired) electrons. The average molecular weight is 421 g/mol. The molecule has 1 aliphatic rings. The molecule has 0 saturated carbocycles. The highest BCUT2D eigenvalue weighted by atomic mass is 32.1. The van der Waals surface area contributed by atoms with E-state index in [0.29, 0.717) is 6.54 Å². The van der Waals surface area contributed by atoms with E-state index in [0.717, 1.165) is 40.0 Å². The number of aromatic nitrogens is 1. The van der Waals surface area contributed by atoms with Crippen molar-refractivity contribution in [2.24, 2.45) is 0 Å². The molecule has 1 aliphatic heterocycles. The number of amides is 2. The topological polar surface area (TPSA) is 37.3 Å². The Balaban J connectivity index is 1.62. The quantitative estimate of drug-likeness (QED) is 0.426. The van der Waals surface area contributed by atoms with E-state index in [1.807, 2.05) is 60.1 Å². The second-order valence-corrected chi connectivity index (χ2v) is 8.01. The van der Waals surface area contributed by atoms with E-state index in [9.17, 15) is 13.6 Å². The Hall–Kier alpha value is -3.45. The Morgan fingerprint density at radius 2 is 1.90 bits per heavy atom. The summed E-state index contributed by atoms with van der Waals surface area (Å²) in [5, 5.41) is 4.52. The van der Waals surface area contributed by atoms with E-state index in [-0.39, 0.29) is 11.7 Å². The minimum Gasteiger partial charge on any atom is -0.318 e. The van der Waals surface area contributed by atoms with Gasteiger partial charge in [-0.15, -0.1) is 11.3 Å². The molecule has 0 saturated heterocycles. The number of nitrogens with one attached hydrogen (secondary N) is 1. The molecular formula is C23H17F2N3OS. The molecule has 150 valence electrons. The Morgan fingerprint density at radius 1 is 1.03 bits per heavy atom. The number of thiophene rings is 1. The van der Waals surface area contributed by atoms with Crippen LogP contribution in [0.1, 0.15) is 22.2 Å². The number of carbonyl (C=O) groups excluding carboxylic acids is 1. The van der Waals surface area contributed by atoms with Crippen LogP contribution in [0.2, 0.25) is 0 Å². The summed E-state index contributed by atoms with van der Waals surface area (Å²) in [6.07, 6.45) is 1.97. The lowest BCUT2D eigenvalue weighted by molar-refractivity contribution is 0.195. The highest BCUT2D eigenvalue weighted by Gasteiger charge is 2.33. The first-order valence-corrected chi connectivity index (χ1v) is 10.3. The number of nitrogens with zero attached hydrogens (tertiary/aromatic N) is 2. The normalized spacial score (nSPS) is 15.3. The number of anilines is 1. The molecule has 2 aromatic heterocycles. The minimum absolute atomic E-state index is 0.183. The van der Waals surface area contributed by atoms with Gasteiger partial charge in [0.1, 0.15) is 17.7 Å². The number of urea groups is 1. The number of hydrogen-bond acceptors (Lipinski definition) is 2. The fourth-order valence-electron chi connectivity index (χ4n) is 3.87. The third-order valence-electron chi connectivity index (χ3n) is 5.21. The number of fused-ring (bicyclic) bond motifs is 3.